The van der Waals surface area contributed by atoms with Gasteiger partial charge in [0.05, 0.1) is 17.9 Å². The summed E-state index contributed by atoms with van der Waals surface area (Å²) in [5.41, 5.74) is 4.28. The lowest BCUT2D eigenvalue weighted by molar-refractivity contribution is -0.142. The van der Waals surface area contributed by atoms with Crippen LogP contribution in [0.4, 0.5) is 5.69 Å². The molecule has 0 bridgehead atoms. The van der Waals surface area contributed by atoms with E-state index in [4.69, 9.17) is 4.74 Å². The number of rotatable bonds is 6. The highest BCUT2D eigenvalue weighted by Crippen LogP contribution is 2.34. The first kappa shape index (κ1) is 20.1. The van der Waals surface area contributed by atoms with E-state index < -0.39 is 5.97 Å². The third kappa shape index (κ3) is 4.44. The zero-order valence-corrected chi connectivity index (χ0v) is 17.1. The van der Waals surface area contributed by atoms with E-state index in [9.17, 15) is 14.4 Å². The molecule has 5 nitrogen and oxygen atoms in total. The van der Waals surface area contributed by atoms with Crippen molar-refractivity contribution in [3.8, 4) is 0 Å². The molecule has 0 spiro atoms. The van der Waals surface area contributed by atoms with Crippen molar-refractivity contribution >= 4 is 35.1 Å². The highest BCUT2D eigenvalue weighted by atomic mass is 32.2. The van der Waals surface area contributed by atoms with Crippen molar-refractivity contribution < 1.29 is 19.1 Å². The fraction of sp³-hybridized carbons (Fsp3) is 0.318. The van der Waals surface area contributed by atoms with Gasteiger partial charge in [0.2, 0.25) is 11.7 Å². The summed E-state index contributed by atoms with van der Waals surface area (Å²) in [7, 11) is 0. The fourth-order valence-corrected chi connectivity index (χ4v) is 4.45. The number of carbonyl (C=O) groups excluding carboxylic acids is 3. The average molecular weight is 397 g/mol. The maximum atomic E-state index is 12.5. The Morgan fingerprint density at radius 1 is 1.11 bits per heavy atom. The van der Waals surface area contributed by atoms with Crippen LogP contribution < -0.4 is 4.90 Å². The highest BCUT2D eigenvalue weighted by molar-refractivity contribution is 8.00. The molecule has 146 valence electrons. The lowest BCUT2D eigenvalue weighted by Gasteiger charge is -2.28. The molecule has 0 saturated carbocycles. The smallest absolute Gasteiger partial charge is 0.308 e. The molecule has 1 heterocycles. The van der Waals surface area contributed by atoms with Crippen molar-refractivity contribution in [2.75, 3.05) is 23.8 Å². The van der Waals surface area contributed by atoms with E-state index >= 15 is 0 Å². The molecule has 0 radical (unpaired) electrons. The number of para-hydroxylation sites is 1. The molecule has 0 aromatic heterocycles. The van der Waals surface area contributed by atoms with E-state index in [1.807, 2.05) is 57.2 Å². The van der Waals surface area contributed by atoms with Crippen LogP contribution in [0, 0.1) is 20.8 Å². The molecule has 0 unspecified atom stereocenters. The van der Waals surface area contributed by atoms with Crippen molar-refractivity contribution in [2.24, 2.45) is 0 Å². The van der Waals surface area contributed by atoms with Gasteiger partial charge in [0.25, 0.3) is 0 Å². The van der Waals surface area contributed by atoms with Crippen molar-refractivity contribution in [3.63, 3.8) is 0 Å². The quantitative estimate of drug-likeness (QED) is 0.547. The second-order valence-corrected chi connectivity index (χ2v) is 7.93. The minimum Gasteiger partial charge on any atom is -0.457 e. The molecule has 2 aromatic rings. The van der Waals surface area contributed by atoms with Crippen LogP contribution in [-0.4, -0.2) is 36.6 Å². The number of Topliss-reactive ketones (excluding diaryl/α,β-unsaturated/α-hetero) is 1. The van der Waals surface area contributed by atoms with E-state index in [-0.39, 0.29) is 31.3 Å². The van der Waals surface area contributed by atoms with Gasteiger partial charge < -0.3 is 9.64 Å². The van der Waals surface area contributed by atoms with Gasteiger partial charge in [-0.2, -0.15) is 0 Å². The number of hydrogen-bond acceptors (Lipinski definition) is 5. The molecule has 0 fully saturated rings. The second kappa shape index (κ2) is 8.61. The first-order chi connectivity index (χ1) is 13.4. The number of thioether (sulfide) groups is 1. The largest absolute Gasteiger partial charge is 0.457 e. The molecule has 6 heteroatoms. The van der Waals surface area contributed by atoms with Gasteiger partial charge in [-0.3, -0.25) is 14.4 Å². The fourth-order valence-electron chi connectivity index (χ4n) is 3.51. The standard InChI is InChI=1S/C22H23NO4S/c1-14-10-15(2)22(16(3)11-14)18(24)12-27-21(26)8-9-23-17-6-4-5-7-19(17)28-13-20(23)25/h4-7,10-11H,8-9,12-13H2,1-3H3. The molecular formula is C22H23NO4S. The Morgan fingerprint density at radius 2 is 1.79 bits per heavy atom. The van der Waals surface area contributed by atoms with Gasteiger partial charge in [-0.1, -0.05) is 29.8 Å². The van der Waals surface area contributed by atoms with Crippen LogP contribution in [0.3, 0.4) is 0 Å². The van der Waals surface area contributed by atoms with Crippen LogP contribution in [0.5, 0.6) is 0 Å². The van der Waals surface area contributed by atoms with E-state index in [0.29, 0.717) is 11.3 Å². The normalized spacial score (nSPS) is 13.2. The Labute approximate surface area is 169 Å². The number of hydrogen-bond donors (Lipinski definition) is 0. The van der Waals surface area contributed by atoms with Gasteiger partial charge in [0.1, 0.15) is 0 Å². The predicted molar refractivity (Wildman–Crippen MR) is 110 cm³/mol. The second-order valence-electron chi connectivity index (χ2n) is 6.91. The summed E-state index contributed by atoms with van der Waals surface area (Å²) in [5, 5.41) is 0. The highest BCUT2D eigenvalue weighted by Gasteiger charge is 2.25. The minimum atomic E-state index is -0.487. The molecule has 3 rings (SSSR count). The zero-order chi connectivity index (χ0) is 20.3. The Morgan fingerprint density at radius 3 is 2.50 bits per heavy atom. The molecule has 28 heavy (non-hydrogen) atoms. The van der Waals surface area contributed by atoms with E-state index in [1.165, 1.54) is 11.8 Å². The van der Waals surface area contributed by atoms with Crippen molar-refractivity contribution in [1.29, 1.82) is 0 Å². The number of benzene rings is 2. The number of amides is 1. The summed E-state index contributed by atoms with van der Waals surface area (Å²) >= 11 is 1.50. The van der Waals surface area contributed by atoms with Crippen LogP contribution >= 0.6 is 11.8 Å². The van der Waals surface area contributed by atoms with Gasteiger partial charge in [-0.25, -0.2) is 0 Å². The summed E-state index contributed by atoms with van der Waals surface area (Å²) in [5.74, 6) is -0.367. The van der Waals surface area contributed by atoms with Crippen molar-refractivity contribution in [1.82, 2.24) is 0 Å². The third-order valence-corrected chi connectivity index (χ3v) is 5.72. The number of carbonyl (C=O) groups is 3. The molecule has 2 aromatic carbocycles. The van der Waals surface area contributed by atoms with Crippen LogP contribution in [0.2, 0.25) is 0 Å². The molecule has 0 atom stereocenters. The SMILES string of the molecule is Cc1cc(C)c(C(=O)COC(=O)CCN2C(=O)CSc3ccccc32)c(C)c1. The Hall–Kier alpha value is -2.60. The summed E-state index contributed by atoms with van der Waals surface area (Å²) in [4.78, 5) is 39.5. The van der Waals surface area contributed by atoms with E-state index in [2.05, 4.69) is 0 Å². The molecule has 1 amide bonds. The topological polar surface area (TPSA) is 63.7 Å². The lowest BCUT2D eigenvalue weighted by atomic mass is 9.97. The Kier molecular flexibility index (Phi) is 6.19. The monoisotopic (exact) mass is 397 g/mol. The maximum absolute atomic E-state index is 12.5. The third-order valence-electron chi connectivity index (χ3n) is 4.67. The van der Waals surface area contributed by atoms with Gasteiger partial charge in [0.15, 0.2) is 6.61 Å². The predicted octanol–water partition coefficient (Wildman–Crippen LogP) is 3.87. The maximum Gasteiger partial charge on any atom is 0.308 e. The Balaban J connectivity index is 1.57. The van der Waals surface area contributed by atoms with Gasteiger partial charge in [-0.15, -0.1) is 11.8 Å². The molecule has 0 N–H and O–H groups in total. The Bertz CT molecular complexity index is 915. The summed E-state index contributed by atoms with van der Waals surface area (Å²) < 4.78 is 5.18. The van der Waals surface area contributed by atoms with Gasteiger partial charge >= 0.3 is 5.97 Å². The van der Waals surface area contributed by atoms with E-state index in [0.717, 1.165) is 27.3 Å². The average Bonchev–Trinajstić information content (AvgIpc) is 2.64. The number of fused-ring (bicyclic) bond motifs is 1. The first-order valence-electron chi connectivity index (χ1n) is 9.15. The van der Waals surface area contributed by atoms with E-state index in [1.54, 1.807) is 4.90 Å². The van der Waals surface area contributed by atoms with Crippen LogP contribution in [-0.2, 0) is 14.3 Å². The number of anilines is 1. The minimum absolute atomic E-state index is 0.0292. The first-order valence-corrected chi connectivity index (χ1v) is 10.1. The zero-order valence-electron chi connectivity index (χ0n) is 16.3. The van der Waals surface area contributed by atoms with Gasteiger partial charge in [-0.05, 0) is 44.0 Å². The molecule has 1 aliphatic heterocycles. The number of aryl methyl sites for hydroxylation is 3. The number of ether oxygens (including phenoxy) is 1. The van der Waals surface area contributed by atoms with Gasteiger partial charge in [0, 0.05) is 17.0 Å². The number of ketones is 1. The summed E-state index contributed by atoms with van der Waals surface area (Å²) in [6.45, 7) is 5.70. The van der Waals surface area contributed by atoms with Crippen molar-refractivity contribution in [2.45, 2.75) is 32.1 Å². The molecule has 1 aliphatic rings. The summed E-state index contributed by atoms with van der Waals surface area (Å²) in [6.07, 6.45) is 0.0455. The lowest BCUT2D eigenvalue weighted by Crippen LogP contribution is -2.37. The number of esters is 1. The molecule has 0 aliphatic carbocycles. The van der Waals surface area contributed by atoms with Crippen LogP contribution in [0.1, 0.15) is 33.5 Å². The summed E-state index contributed by atoms with van der Waals surface area (Å²) in [6, 6.07) is 11.5. The molecule has 0 saturated heterocycles. The molecular weight excluding hydrogens is 374 g/mol. The number of nitrogens with zero attached hydrogens (tertiary/aromatic N) is 1. The van der Waals surface area contributed by atoms with Crippen LogP contribution in [0.15, 0.2) is 41.3 Å². The van der Waals surface area contributed by atoms with Crippen LogP contribution in [0.25, 0.3) is 0 Å². The van der Waals surface area contributed by atoms with Crippen molar-refractivity contribution in [3.05, 3.63) is 58.7 Å².